The number of furan rings is 2. The molecule has 2 aromatic carbocycles. The van der Waals surface area contributed by atoms with E-state index in [2.05, 4.69) is 53.7 Å². The Labute approximate surface area is 218 Å². The first-order valence-electron chi connectivity index (χ1n) is 12.6. The van der Waals surface area contributed by atoms with Gasteiger partial charge in [-0.3, -0.25) is 10.1 Å². The van der Waals surface area contributed by atoms with Gasteiger partial charge in [-0.1, -0.05) is 53.7 Å². The van der Waals surface area contributed by atoms with Crippen LogP contribution in [0.15, 0.2) is 75.8 Å². The van der Waals surface area contributed by atoms with Crippen molar-refractivity contribution in [3.05, 3.63) is 82.6 Å². The third-order valence-electron chi connectivity index (χ3n) is 7.60. The minimum atomic E-state index is -2.15. The molecule has 37 heavy (non-hydrogen) atoms. The molecule has 0 aliphatic rings. The molecule has 4 rings (SSSR count). The van der Waals surface area contributed by atoms with Gasteiger partial charge in [-0.15, -0.1) is 0 Å². The standard InChI is InChI=1S/C30H32N2O4Si/c1-19(2)37(20(3)4,21(5)6)28-17-27(29(36-28)24-11-13-25(14-12-24)32(33)34)30-26(15-16-35-30)23-9-7-22(18-31)8-10-23/h7-17,19-21H,1-6H3. The van der Waals surface area contributed by atoms with Crippen molar-refractivity contribution in [3.8, 4) is 39.8 Å². The van der Waals surface area contributed by atoms with E-state index in [9.17, 15) is 15.4 Å². The molecule has 0 aliphatic carbocycles. The average Bonchev–Trinajstić information content (AvgIpc) is 3.51. The van der Waals surface area contributed by atoms with Crippen LogP contribution in [0.1, 0.15) is 47.1 Å². The van der Waals surface area contributed by atoms with E-state index in [-0.39, 0.29) is 5.69 Å². The molecule has 2 aromatic heterocycles. The molecule has 0 saturated heterocycles. The van der Waals surface area contributed by atoms with E-state index < -0.39 is 13.0 Å². The lowest BCUT2D eigenvalue weighted by atomic mass is 9.99. The second kappa shape index (κ2) is 10.2. The first-order valence-corrected chi connectivity index (χ1v) is 14.8. The lowest BCUT2D eigenvalue weighted by Gasteiger charge is -2.41. The molecule has 0 atom stereocenters. The second-order valence-corrected chi connectivity index (χ2v) is 16.2. The highest BCUT2D eigenvalue weighted by molar-refractivity contribution is 6.94. The molecule has 0 saturated carbocycles. The molecular formula is C30H32N2O4Si. The van der Waals surface area contributed by atoms with Gasteiger partial charge in [0.1, 0.15) is 19.6 Å². The van der Waals surface area contributed by atoms with Gasteiger partial charge in [0.05, 0.1) is 33.8 Å². The van der Waals surface area contributed by atoms with Gasteiger partial charge in [0.15, 0.2) is 0 Å². The van der Waals surface area contributed by atoms with Crippen LogP contribution in [0.3, 0.4) is 0 Å². The summed E-state index contributed by atoms with van der Waals surface area (Å²) in [5.74, 6) is 1.32. The fourth-order valence-corrected chi connectivity index (χ4v) is 12.4. The summed E-state index contributed by atoms with van der Waals surface area (Å²) >= 11 is 0. The Hall–Kier alpha value is -3.89. The highest BCUT2D eigenvalue weighted by Crippen LogP contribution is 2.45. The van der Waals surface area contributed by atoms with Crippen LogP contribution in [0.25, 0.3) is 33.8 Å². The van der Waals surface area contributed by atoms with Crippen molar-refractivity contribution in [1.82, 2.24) is 0 Å². The van der Waals surface area contributed by atoms with Gasteiger partial charge in [0, 0.05) is 23.3 Å². The van der Waals surface area contributed by atoms with Gasteiger partial charge in [-0.2, -0.15) is 5.26 Å². The van der Waals surface area contributed by atoms with Crippen molar-refractivity contribution < 1.29 is 13.8 Å². The summed E-state index contributed by atoms with van der Waals surface area (Å²) in [5, 5.41) is 21.5. The molecule has 0 bridgehead atoms. The summed E-state index contributed by atoms with van der Waals surface area (Å²) < 4.78 is 12.9. The van der Waals surface area contributed by atoms with E-state index in [0.29, 0.717) is 33.7 Å². The molecule has 0 amide bonds. The number of hydrogen-bond donors (Lipinski definition) is 0. The predicted octanol–water partition coefficient (Wildman–Crippen LogP) is 8.54. The van der Waals surface area contributed by atoms with Gasteiger partial charge >= 0.3 is 0 Å². The average molecular weight is 513 g/mol. The van der Waals surface area contributed by atoms with Crippen molar-refractivity contribution >= 4 is 19.1 Å². The highest BCUT2D eigenvalue weighted by Gasteiger charge is 2.48. The SMILES string of the molecule is CC(C)[Si](c1cc(-c2occc2-c2ccc(C#N)cc2)c(-c2ccc([N+](=O)[O-])cc2)o1)(C(C)C)C(C)C. The third kappa shape index (κ3) is 4.54. The minimum Gasteiger partial charge on any atom is -0.465 e. The Balaban J connectivity index is 1.97. The maximum absolute atomic E-state index is 11.3. The molecule has 0 N–H and O–H groups in total. The highest BCUT2D eigenvalue weighted by atomic mass is 28.3. The molecule has 0 radical (unpaired) electrons. The van der Waals surface area contributed by atoms with Crippen LogP contribution >= 0.6 is 0 Å². The van der Waals surface area contributed by atoms with Crippen LogP contribution in [-0.4, -0.2) is 13.0 Å². The molecule has 0 spiro atoms. The van der Waals surface area contributed by atoms with Crippen molar-refractivity contribution in [2.24, 2.45) is 0 Å². The first kappa shape index (κ1) is 26.2. The lowest BCUT2D eigenvalue weighted by Crippen LogP contribution is -2.55. The van der Waals surface area contributed by atoms with Crippen molar-refractivity contribution in [1.29, 1.82) is 5.26 Å². The number of nitro benzene ring substituents is 1. The monoisotopic (exact) mass is 512 g/mol. The summed E-state index contributed by atoms with van der Waals surface area (Å²) in [6.07, 6.45) is 1.66. The number of hydrogen-bond acceptors (Lipinski definition) is 5. The normalized spacial score (nSPS) is 11.9. The maximum Gasteiger partial charge on any atom is 0.269 e. The minimum absolute atomic E-state index is 0.0311. The molecule has 6 nitrogen and oxygen atoms in total. The van der Waals surface area contributed by atoms with Crippen LogP contribution < -0.4 is 5.38 Å². The van der Waals surface area contributed by atoms with Crippen LogP contribution in [0.2, 0.25) is 16.6 Å². The summed E-state index contributed by atoms with van der Waals surface area (Å²) in [5.41, 5.74) is 5.34. The summed E-state index contributed by atoms with van der Waals surface area (Å²) in [7, 11) is -2.15. The summed E-state index contributed by atoms with van der Waals surface area (Å²) in [6.45, 7) is 13.7. The smallest absolute Gasteiger partial charge is 0.269 e. The Morgan fingerprint density at radius 3 is 1.89 bits per heavy atom. The van der Waals surface area contributed by atoms with Gasteiger partial charge in [-0.05, 0) is 58.6 Å². The fourth-order valence-electron chi connectivity index (χ4n) is 6.05. The molecule has 0 unspecified atom stereocenters. The van der Waals surface area contributed by atoms with E-state index in [1.165, 1.54) is 12.1 Å². The van der Waals surface area contributed by atoms with Gasteiger partial charge < -0.3 is 8.83 Å². The Bertz CT molecular complexity index is 1420. The largest absolute Gasteiger partial charge is 0.465 e. The van der Waals surface area contributed by atoms with E-state index >= 15 is 0 Å². The van der Waals surface area contributed by atoms with E-state index in [0.717, 1.165) is 27.6 Å². The fraction of sp³-hybridized carbons (Fsp3) is 0.300. The van der Waals surface area contributed by atoms with E-state index in [1.807, 2.05) is 18.2 Å². The molecule has 190 valence electrons. The topological polar surface area (TPSA) is 93.2 Å². The van der Waals surface area contributed by atoms with E-state index in [1.54, 1.807) is 30.5 Å². The number of rotatable bonds is 8. The predicted molar refractivity (Wildman–Crippen MR) is 149 cm³/mol. The van der Waals surface area contributed by atoms with Gasteiger partial charge in [0.25, 0.3) is 5.69 Å². The molecule has 0 fully saturated rings. The Kier molecular flexibility index (Phi) is 7.24. The van der Waals surface area contributed by atoms with Gasteiger partial charge in [-0.25, -0.2) is 0 Å². The number of benzene rings is 2. The molecule has 7 heteroatoms. The maximum atomic E-state index is 11.3. The van der Waals surface area contributed by atoms with Crippen molar-refractivity contribution in [3.63, 3.8) is 0 Å². The number of nitro groups is 1. The molecule has 0 aliphatic heterocycles. The van der Waals surface area contributed by atoms with Crippen molar-refractivity contribution in [2.75, 3.05) is 0 Å². The molecular weight excluding hydrogens is 480 g/mol. The number of non-ortho nitro benzene ring substituents is 1. The van der Waals surface area contributed by atoms with Crippen molar-refractivity contribution in [2.45, 2.75) is 58.2 Å². The molecule has 4 aromatic rings. The number of nitriles is 1. The Morgan fingerprint density at radius 1 is 0.811 bits per heavy atom. The lowest BCUT2D eigenvalue weighted by molar-refractivity contribution is -0.384. The van der Waals surface area contributed by atoms with Crippen LogP contribution in [0.4, 0.5) is 5.69 Å². The van der Waals surface area contributed by atoms with Gasteiger partial charge in [0.2, 0.25) is 0 Å². The van der Waals surface area contributed by atoms with Crippen LogP contribution in [0.5, 0.6) is 0 Å². The zero-order valence-corrected chi connectivity index (χ0v) is 23.1. The third-order valence-corrected chi connectivity index (χ3v) is 14.4. The first-order chi connectivity index (χ1) is 17.6. The van der Waals surface area contributed by atoms with E-state index in [4.69, 9.17) is 8.83 Å². The quantitative estimate of drug-likeness (QED) is 0.134. The molecule has 2 heterocycles. The second-order valence-electron chi connectivity index (χ2n) is 10.4. The summed E-state index contributed by atoms with van der Waals surface area (Å²) in [6, 6.07) is 20.1. The zero-order chi connectivity index (χ0) is 26.9. The number of nitrogens with zero attached hydrogens (tertiary/aromatic N) is 2. The van der Waals surface area contributed by atoms with Crippen LogP contribution in [0, 0.1) is 21.4 Å². The summed E-state index contributed by atoms with van der Waals surface area (Å²) in [4.78, 5) is 10.9. The van der Waals surface area contributed by atoms with Crippen LogP contribution in [-0.2, 0) is 0 Å². The Morgan fingerprint density at radius 2 is 1.38 bits per heavy atom. The zero-order valence-electron chi connectivity index (χ0n) is 22.1.